The van der Waals surface area contributed by atoms with Crippen LogP contribution < -0.4 is 4.74 Å². The highest BCUT2D eigenvalue weighted by Gasteiger charge is 2.27. The summed E-state index contributed by atoms with van der Waals surface area (Å²) in [6, 6.07) is 7.52. The lowest BCUT2D eigenvalue weighted by Crippen LogP contribution is -2.44. The van der Waals surface area contributed by atoms with Crippen molar-refractivity contribution in [3.8, 4) is 11.4 Å². The van der Waals surface area contributed by atoms with Gasteiger partial charge in [-0.05, 0) is 52.0 Å². The Hall–Kier alpha value is -3.03. The standard InChI is InChI=1S/C22H29N3O5/c1-5-28-20(26)16-14-23-25(15-16)17-6-8-18(9-7-17)29-19-10-12-24(13-11-19)21(27)30-22(2,3)4/h6-9,14-15,19H,5,10-13H2,1-4H3. The lowest BCUT2D eigenvalue weighted by atomic mass is 10.1. The molecule has 2 heterocycles. The first-order valence-electron chi connectivity index (χ1n) is 10.2. The topological polar surface area (TPSA) is 82.9 Å². The van der Waals surface area contributed by atoms with Crippen LogP contribution in [0.4, 0.5) is 4.79 Å². The van der Waals surface area contributed by atoms with E-state index >= 15 is 0 Å². The molecule has 0 spiro atoms. The molecule has 0 unspecified atom stereocenters. The van der Waals surface area contributed by atoms with E-state index < -0.39 is 5.60 Å². The minimum atomic E-state index is -0.488. The fourth-order valence-electron chi connectivity index (χ4n) is 3.14. The SMILES string of the molecule is CCOC(=O)c1cnn(-c2ccc(OC3CCN(C(=O)OC(C)(C)C)CC3)cc2)c1. The summed E-state index contributed by atoms with van der Waals surface area (Å²) in [4.78, 5) is 25.7. The zero-order chi connectivity index (χ0) is 21.7. The second-order valence-electron chi connectivity index (χ2n) is 8.17. The van der Waals surface area contributed by atoms with Gasteiger partial charge >= 0.3 is 12.1 Å². The molecular formula is C22H29N3O5. The number of rotatable bonds is 5. The second-order valence-corrected chi connectivity index (χ2v) is 8.17. The van der Waals surface area contributed by atoms with Gasteiger partial charge in [0.25, 0.3) is 0 Å². The van der Waals surface area contributed by atoms with Crippen LogP contribution in [0.25, 0.3) is 5.69 Å². The zero-order valence-electron chi connectivity index (χ0n) is 18.0. The lowest BCUT2D eigenvalue weighted by Gasteiger charge is -2.33. The van der Waals surface area contributed by atoms with Crippen molar-refractivity contribution in [3.05, 3.63) is 42.2 Å². The molecule has 2 aromatic rings. The van der Waals surface area contributed by atoms with Crippen LogP contribution in [-0.2, 0) is 9.47 Å². The number of carbonyl (C=O) groups is 2. The first kappa shape index (κ1) is 21.7. The molecular weight excluding hydrogens is 386 g/mol. The maximum atomic E-state index is 12.2. The Labute approximate surface area is 176 Å². The highest BCUT2D eigenvalue weighted by molar-refractivity contribution is 5.88. The van der Waals surface area contributed by atoms with Gasteiger partial charge in [0.1, 0.15) is 17.5 Å². The number of carbonyl (C=O) groups excluding carboxylic acids is 2. The van der Waals surface area contributed by atoms with E-state index in [1.165, 1.54) is 6.20 Å². The molecule has 0 saturated carbocycles. The van der Waals surface area contributed by atoms with E-state index in [4.69, 9.17) is 14.2 Å². The van der Waals surface area contributed by atoms with E-state index in [2.05, 4.69) is 5.10 Å². The van der Waals surface area contributed by atoms with Crippen LogP contribution in [0.3, 0.4) is 0 Å². The predicted molar refractivity (Wildman–Crippen MR) is 111 cm³/mol. The molecule has 1 aliphatic heterocycles. The van der Waals surface area contributed by atoms with E-state index in [9.17, 15) is 9.59 Å². The van der Waals surface area contributed by atoms with Crippen molar-refractivity contribution < 1.29 is 23.8 Å². The Balaban J connectivity index is 1.52. The summed E-state index contributed by atoms with van der Waals surface area (Å²) in [7, 11) is 0. The van der Waals surface area contributed by atoms with Gasteiger partial charge in [-0.2, -0.15) is 5.10 Å². The molecule has 0 N–H and O–H groups in total. The van der Waals surface area contributed by atoms with Crippen LogP contribution in [0.2, 0.25) is 0 Å². The highest BCUT2D eigenvalue weighted by Crippen LogP contribution is 2.22. The van der Waals surface area contributed by atoms with Crippen LogP contribution in [-0.4, -0.2) is 58.1 Å². The van der Waals surface area contributed by atoms with E-state index in [0.29, 0.717) is 25.3 Å². The predicted octanol–water partition coefficient (Wildman–Crippen LogP) is 3.83. The number of benzene rings is 1. The molecule has 1 aliphatic rings. The molecule has 1 aromatic heterocycles. The van der Waals surface area contributed by atoms with Crippen molar-refractivity contribution >= 4 is 12.1 Å². The Kier molecular flexibility index (Phi) is 6.64. The zero-order valence-corrected chi connectivity index (χ0v) is 18.0. The van der Waals surface area contributed by atoms with Gasteiger partial charge in [0.15, 0.2) is 0 Å². The highest BCUT2D eigenvalue weighted by atomic mass is 16.6. The van der Waals surface area contributed by atoms with Crippen LogP contribution in [0.1, 0.15) is 50.9 Å². The molecule has 30 heavy (non-hydrogen) atoms. The largest absolute Gasteiger partial charge is 0.490 e. The number of piperidine rings is 1. The van der Waals surface area contributed by atoms with Gasteiger partial charge in [0.05, 0.1) is 24.1 Å². The Bertz CT molecular complexity index is 862. The van der Waals surface area contributed by atoms with Crippen LogP contribution in [0, 0.1) is 0 Å². The van der Waals surface area contributed by atoms with Crippen molar-refractivity contribution in [1.29, 1.82) is 0 Å². The molecule has 8 heteroatoms. The summed E-state index contributed by atoms with van der Waals surface area (Å²) >= 11 is 0. The average Bonchev–Trinajstić information content (AvgIpc) is 3.18. The molecule has 1 aromatic carbocycles. The quantitative estimate of drug-likeness (QED) is 0.691. The van der Waals surface area contributed by atoms with Crippen LogP contribution in [0.15, 0.2) is 36.7 Å². The van der Waals surface area contributed by atoms with Crippen molar-refractivity contribution in [1.82, 2.24) is 14.7 Å². The Morgan fingerprint density at radius 1 is 1.13 bits per heavy atom. The van der Waals surface area contributed by atoms with Crippen molar-refractivity contribution in [3.63, 3.8) is 0 Å². The molecule has 0 atom stereocenters. The molecule has 162 valence electrons. The maximum absolute atomic E-state index is 12.2. The van der Waals surface area contributed by atoms with Crippen LogP contribution in [0.5, 0.6) is 5.75 Å². The Morgan fingerprint density at radius 2 is 1.80 bits per heavy atom. The van der Waals surface area contributed by atoms with E-state index in [1.54, 1.807) is 22.7 Å². The number of amides is 1. The third-order valence-corrected chi connectivity index (χ3v) is 4.59. The first-order chi connectivity index (χ1) is 14.2. The van der Waals surface area contributed by atoms with Gasteiger partial charge < -0.3 is 19.1 Å². The van der Waals surface area contributed by atoms with Gasteiger partial charge in [0.2, 0.25) is 0 Å². The molecule has 3 rings (SSSR count). The number of ether oxygens (including phenoxy) is 3. The summed E-state index contributed by atoms with van der Waals surface area (Å²) in [5, 5.41) is 4.21. The molecule has 1 amide bonds. The summed E-state index contributed by atoms with van der Waals surface area (Å²) < 4.78 is 18.1. The van der Waals surface area contributed by atoms with Gasteiger partial charge in [-0.15, -0.1) is 0 Å². The third-order valence-electron chi connectivity index (χ3n) is 4.59. The third kappa shape index (κ3) is 5.75. The van der Waals surface area contributed by atoms with Gasteiger partial charge in [-0.3, -0.25) is 0 Å². The molecule has 0 aliphatic carbocycles. The molecule has 8 nitrogen and oxygen atoms in total. The molecule has 1 saturated heterocycles. The fraction of sp³-hybridized carbons (Fsp3) is 0.500. The molecule has 0 radical (unpaired) electrons. The number of hydrogen-bond donors (Lipinski definition) is 0. The van der Waals surface area contributed by atoms with Crippen LogP contribution >= 0.6 is 0 Å². The average molecular weight is 415 g/mol. The van der Waals surface area contributed by atoms with Gasteiger partial charge in [0, 0.05) is 32.1 Å². The smallest absolute Gasteiger partial charge is 0.410 e. The second kappa shape index (κ2) is 9.19. The van der Waals surface area contributed by atoms with E-state index in [1.807, 2.05) is 45.0 Å². The van der Waals surface area contributed by atoms with Crippen molar-refractivity contribution in [2.45, 2.75) is 52.2 Å². The van der Waals surface area contributed by atoms with Gasteiger partial charge in [-0.25, -0.2) is 14.3 Å². The number of hydrogen-bond acceptors (Lipinski definition) is 6. The lowest BCUT2D eigenvalue weighted by molar-refractivity contribution is 0.0126. The van der Waals surface area contributed by atoms with E-state index in [-0.39, 0.29) is 18.2 Å². The number of aromatic nitrogens is 2. The van der Waals surface area contributed by atoms with Gasteiger partial charge in [-0.1, -0.05) is 0 Å². The maximum Gasteiger partial charge on any atom is 0.410 e. The van der Waals surface area contributed by atoms with Crippen molar-refractivity contribution in [2.75, 3.05) is 19.7 Å². The summed E-state index contributed by atoms with van der Waals surface area (Å²) in [6.45, 7) is 8.92. The minimum absolute atomic E-state index is 0.0506. The number of nitrogens with zero attached hydrogens (tertiary/aromatic N) is 3. The fourth-order valence-corrected chi connectivity index (χ4v) is 3.14. The summed E-state index contributed by atoms with van der Waals surface area (Å²) in [5.41, 5.74) is 0.740. The van der Waals surface area contributed by atoms with E-state index in [0.717, 1.165) is 24.3 Å². The first-order valence-corrected chi connectivity index (χ1v) is 10.2. The number of likely N-dealkylation sites (tertiary alicyclic amines) is 1. The molecule has 0 bridgehead atoms. The minimum Gasteiger partial charge on any atom is -0.490 e. The summed E-state index contributed by atoms with van der Waals surface area (Å²) in [6.07, 6.45) is 4.41. The van der Waals surface area contributed by atoms with Crippen molar-refractivity contribution in [2.24, 2.45) is 0 Å². The number of esters is 1. The monoisotopic (exact) mass is 415 g/mol. The summed E-state index contributed by atoms with van der Waals surface area (Å²) in [5.74, 6) is 0.369. The Morgan fingerprint density at radius 3 is 2.40 bits per heavy atom. The molecule has 1 fully saturated rings. The normalized spacial score (nSPS) is 15.0.